The minimum atomic E-state index is -0.523. The lowest BCUT2D eigenvalue weighted by atomic mass is 9.68. The largest absolute Gasteiger partial charge is 0.310 e. The monoisotopic (exact) mass is 1880 g/mol. The van der Waals surface area contributed by atoms with Gasteiger partial charge in [0, 0.05) is 44.6 Å². The quantitative estimate of drug-likeness (QED) is 0.126. The zero-order chi connectivity index (χ0) is 97.1. The lowest BCUT2D eigenvalue weighted by Gasteiger charge is -2.36. The van der Waals surface area contributed by atoms with Crippen LogP contribution in [0.15, 0.2) is 497 Å². The predicted molar refractivity (Wildman–Crippen MR) is 620 cm³/mol. The molecule has 0 saturated heterocycles. The molecule has 24 aromatic carbocycles. The van der Waals surface area contributed by atoms with Gasteiger partial charge in [-0.05, 0) is 318 Å². The van der Waals surface area contributed by atoms with E-state index >= 15 is 0 Å². The zero-order valence-corrected chi connectivity index (χ0v) is 82.3. The standard InChI is InChI=1S/2C73H51N/c1-3-20-47(21-4-1)48-36-38-49(39-37-48)60-45-62-58-28-11-16-33-66(58)73(64-31-14-9-26-56(64)57-27-10-15-32-65(57)73)68(62)46-70(60)74(50-40-41-55-53-24-6-5-22-51(53)52-23-7-8-25-54(52)61(55)44-50)69-35-19-34-67-71(69)59-29-12-13-30-63(59)72(67)42-17-2-18-43-72;1-3-19-47(20-4-1)48-33-35-49(36-34-48)61-45-64-60-28-12-16-32-69(60)73(67-30-14-10-25-57(67)58-26-11-15-31-68(58)73)70(64)46-71(61)74(50-37-39-56-54-23-6-5-21-52(54)53-22-7-8-24-55(53)62(56)43-50)51-38-40-66-63(44-51)59-27-9-13-29-65(59)72(66)41-17-2-18-42-72/h1,3-16,19-41,44-46H,2,17-18,42-43H2;1,3-16,19-40,43-46H,2,17-18,41-42H2. The second-order valence-electron chi connectivity index (χ2n) is 42.6. The third-order valence-corrected chi connectivity index (χ3v) is 35.7. The molecule has 2 fully saturated rings. The molecule has 4 spiro atoms. The van der Waals surface area contributed by atoms with Crippen molar-refractivity contribution < 1.29 is 0 Å². The summed E-state index contributed by atoms with van der Waals surface area (Å²) in [6, 6.07) is 190. The van der Waals surface area contributed by atoms with E-state index in [-0.39, 0.29) is 10.8 Å². The minimum Gasteiger partial charge on any atom is -0.310 e. The van der Waals surface area contributed by atoms with Gasteiger partial charge in [-0.15, -0.1) is 0 Å². The summed E-state index contributed by atoms with van der Waals surface area (Å²) in [7, 11) is 0. The minimum absolute atomic E-state index is 0.0125. The van der Waals surface area contributed by atoms with Crippen LogP contribution in [0.2, 0.25) is 0 Å². The van der Waals surface area contributed by atoms with Crippen LogP contribution in [0, 0.1) is 0 Å². The molecular weight excluding hydrogens is 1780 g/mol. The number of rotatable bonds is 10. The molecule has 696 valence electrons. The topological polar surface area (TPSA) is 6.48 Å². The third kappa shape index (κ3) is 12.1. The van der Waals surface area contributed by atoms with Crippen LogP contribution in [0.3, 0.4) is 0 Å². The zero-order valence-electron chi connectivity index (χ0n) is 82.3. The predicted octanol–water partition coefficient (Wildman–Crippen LogP) is 39.0. The average Bonchev–Trinajstić information content (AvgIpc) is 1.51. The van der Waals surface area contributed by atoms with Gasteiger partial charge in [0.1, 0.15) is 0 Å². The van der Waals surface area contributed by atoms with E-state index in [9.17, 15) is 0 Å². The van der Waals surface area contributed by atoms with E-state index in [1.54, 1.807) is 0 Å². The summed E-state index contributed by atoms with van der Waals surface area (Å²) in [4.78, 5) is 5.31. The summed E-state index contributed by atoms with van der Waals surface area (Å²) in [5, 5.41) is 15.3. The van der Waals surface area contributed by atoms with Gasteiger partial charge in [0.05, 0.1) is 27.9 Å². The van der Waals surface area contributed by atoms with Crippen molar-refractivity contribution in [2.45, 2.75) is 85.9 Å². The Hall–Kier alpha value is -17.6. The fourth-order valence-corrected chi connectivity index (χ4v) is 29.6. The molecule has 0 aromatic heterocycles. The van der Waals surface area contributed by atoms with Gasteiger partial charge in [0.15, 0.2) is 0 Å². The number of hydrogen-bond acceptors (Lipinski definition) is 2. The van der Waals surface area contributed by atoms with E-state index in [4.69, 9.17) is 0 Å². The van der Waals surface area contributed by atoms with Gasteiger partial charge in [0.25, 0.3) is 0 Å². The van der Waals surface area contributed by atoms with Crippen molar-refractivity contribution in [1.82, 2.24) is 0 Å². The smallest absolute Gasteiger partial charge is 0.0726 e. The molecule has 148 heavy (non-hydrogen) atoms. The molecule has 32 rings (SSSR count). The first-order valence-corrected chi connectivity index (χ1v) is 53.4. The Bertz CT molecular complexity index is 9520. The highest BCUT2D eigenvalue weighted by Crippen LogP contribution is 2.69. The van der Waals surface area contributed by atoms with Crippen LogP contribution in [0.25, 0.3) is 176 Å². The molecular formula is C146H102N2. The molecule has 0 atom stereocenters. The van der Waals surface area contributed by atoms with Gasteiger partial charge in [-0.1, -0.05) is 469 Å². The fraction of sp³-hybridized carbons (Fsp3) is 0.0959. The summed E-state index contributed by atoms with van der Waals surface area (Å²) < 4.78 is 0. The Morgan fingerprint density at radius 2 is 0.399 bits per heavy atom. The van der Waals surface area contributed by atoms with Gasteiger partial charge in [-0.2, -0.15) is 0 Å². The normalized spacial score (nSPS) is 15.0. The molecule has 24 aromatic rings. The van der Waals surface area contributed by atoms with Crippen LogP contribution in [0.4, 0.5) is 34.1 Å². The lowest BCUT2D eigenvalue weighted by molar-refractivity contribution is 0.353. The molecule has 0 N–H and O–H groups in total. The van der Waals surface area contributed by atoms with Gasteiger partial charge in [-0.3, -0.25) is 0 Å². The van der Waals surface area contributed by atoms with E-state index in [1.165, 1.54) is 318 Å². The highest BCUT2D eigenvalue weighted by molar-refractivity contribution is 6.28. The first-order chi connectivity index (χ1) is 73.4. The van der Waals surface area contributed by atoms with Crippen molar-refractivity contribution in [3.05, 3.63) is 564 Å². The molecule has 2 heteroatoms. The van der Waals surface area contributed by atoms with Crippen molar-refractivity contribution in [2.75, 3.05) is 9.80 Å². The van der Waals surface area contributed by atoms with Crippen LogP contribution in [0.1, 0.15) is 131 Å². The summed E-state index contributed by atoms with van der Waals surface area (Å²) in [6.07, 6.45) is 12.4. The first-order valence-electron chi connectivity index (χ1n) is 53.4. The van der Waals surface area contributed by atoms with Crippen LogP contribution >= 0.6 is 0 Å². The molecule has 0 unspecified atom stereocenters. The molecule has 8 aliphatic carbocycles. The van der Waals surface area contributed by atoms with E-state index < -0.39 is 10.8 Å². The van der Waals surface area contributed by atoms with E-state index in [0.717, 1.165) is 22.7 Å². The summed E-state index contributed by atoms with van der Waals surface area (Å²) in [6.45, 7) is 0. The summed E-state index contributed by atoms with van der Waals surface area (Å²) in [5.74, 6) is 0. The second kappa shape index (κ2) is 33.0. The van der Waals surface area contributed by atoms with E-state index in [2.05, 4.69) is 507 Å². The molecule has 2 nitrogen and oxygen atoms in total. The van der Waals surface area contributed by atoms with Crippen molar-refractivity contribution in [3.8, 4) is 111 Å². The maximum Gasteiger partial charge on any atom is 0.0726 e. The Morgan fingerprint density at radius 3 is 0.797 bits per heavy atom. The van der Waals surface area contributed by atoms with Crippen molar-refractivity contribution in [2.24, 2.45) is 0 Å². The van der Waals surface area contributed by atoms with Crippen LogP contribution in [0.5, 0.6) is 0 Å². The van der Waals surface area contributed by atoms with Gasteiger partial charge in [0.2, 0.25) is 0 Å². The number of benzene rings is 24. The average molecular weight is 1880 g/mol. The Labute approximate surface area is 863 Å². The molecule has 0 bridgehead atoms. The van der Waals surface area contributed by atoms with Crippen LogP contribution in [-0.2, 0) is 21.7 Å². The maximum absolute atomic E-state index is 2.69. The molecule has 0 radical (unpaired) electrons. The molecule has 0 heterocycles. The highest BCUT2D eigenvalue weighted by Gasteiger charge is 2.56. The number of nitrogens with zero attached hydrogens (tertiary/aromatic N) is 2. The molecule has 8 aliphatic rings. The number of anilines is 6. The lowest BCUT2D eigenvalue weighted by Crippen LogP contribution is -2.28. The number of hydrogen-bond donors (Lipinski definition) is 0. The molecule has 2 saturated carbocycles. The second-order valence-corrected chi connectivity index (χ2v) is 42.6. The van der Waals surface area contributed by atoms with Crippen molar-refractivity contribution in [1.29, 1.82) is 0 Å². The number of fused-ring (bicyclic) bond motifs is 42. The van der Waals surface area contributed by atoms with E-state index in [0.29, 0.717) is 0 Å². The highest BCUT2D eigenvalue weighted by atomic mass is 15.2. The van der Waals surface area contributed by atoms with Crippen LogP contribution < -0.4 is 9.80 Å². The van der Waals surface area contributed by atoms with E-state index in [1.807, 2.05) is 0 Å². The van der Waals surface area contributed by atoms with Crippen molar-refractivity contribution in [3.63, 3.8) is 0 Å². The van der Waals surface area contributed by atoms with Crippen LogP contribution in [-0.4, -0.2) is 0 Å². The Balaban J connectivity index is 0.000000134. The summed E-state index contributed by atoms with van der Waals surface area (Å²) >= 11 is 0. The molecule has 0 aliphatic heterocycles. The first kappa shape index (κ1) is 84.9. The third-order valence-electron chi connectivity index (χ3n) is 35.7. The Morgan fingerprint density at radius 1 is 0.135 bits per heavy atom. The van der Waals surface area contributed by atoms with Crippen molar-refractivity contribution >= 4 is 98.8 Å². The maximum atomic E-state index is 2.69. The Kier molecular flexibility index (Phi) is 18.9. The van der Waals surface area contributed by atoms with Gasteiger partial charge in [-0.25, -0.2) is 0 Å². The molecule has 0 amide bonds. The fourth-order valence-electron chi connectivity index (χ4n) is 29.6. The van der Waals surface area contributed by atoms with Gasteiger partial charge >= 0.3 is 0 Å². The summed E-state index contributed by atoms with van der Waals surface area (Å²) in [5.41, 5.74) is 48.3. The SMILES string of the molecule is c1ccc(-c2ccc(-c3cc4c(cc3N(c3ccc5c(c3)-c3ccccc3C53CCCCC3)c3ccc5c6ccccc6c6ccccc6c5c3)C3(c5ccccc5-c5ccccc53)c3ccccc3-4)cc2)cc1.c1ccc(-c2ccc(-c3cc4c(cc3N(c3ccc5c6ccccc6c6ccccc6c5c3)c3cccc5c3-c3ccccc3C53CCCCC3)C3(c5ccccc5-c5ccccc53)c3ccccc3-4)cc2)cc1. The van der Waals surface area contributed by atoms with Gasteiger partial charge < -0.3 is 9.80 Å².